The minimum absolute atomic E-state index is 0.0682. The zero-order chi connectivity index (χ0) is 11.1. The summed E-state index contributed by atoms with van der Waals surface area (Å²) in [5, 5.41) is 6.30. The van der Waals surface area contributed by atoms with Gasteiger partial charge in [0.25, 0.3) is 0 Å². The van der Waals surface area contributed by atoms with Gasteiger partial charge in [0.15, 0.2) is 0 Å². The van der Waals surface area contributed by atoms with Crippen LogP contribution in [0.4, 0.5) is 0 Å². The molecule has 0 aliphatic carbocycles. The highest BCUT2D eigenvalue weighted by Gasteiger charge is 2.22. The molecular formula is C12H24N2O. The van der Waals surface area contributed by atoms with Gasteiger partial charge in [-0.2, -0.15) is 0 Å². The van der Waals surface area contributed by atoms with E-state index in [1.54, 1.807) is 0 Å². The number of unbranched alkanes of at least 4 members (excludes halogenated alkanes) is 2. The molecule has 0 radical (unpaired) electrons. The summed E-state index contributed by atoms with van der Waals surface area (Å²) in [6.45, 7) is 5.29. The average Bonchev–Trinajstić information content (AvgIpc) is 2.70. The molecule has 15 heavy (non-hydrogen) atoms. The van der Waals surface area contributed by atoms with E-state index in [4.69, 9.17) is 0 Å². The van der Waals surface area contributed by atoms with Crippen molar-refractivity contribution in [1.29, 1.82) is 0 Å². The van der Waals surface area contributed by atoms with E-state index in [0.29, 0.717) is 6.04 Å². The number of hydrogen-bond acceptors (Lipinski definition) is 2. The third-order valence-corrected chi connectivity index (χ3v) is 3.01. The van der Waals surface area contributed by atoms with Gasteiger partial charge in [0.05, 0.1) is 6.04 Å². The summed E-state index contributed by atoms with van der Waals surface area (Å²) < 4.78 is 0. The van der Waals surface area contributed by atoms with Gasteiger partial charge in [-0.25, -0.2) is 0 Å². The van der Waals surface area contributed by atoms with Crippen molar-refractivity contribution < 1.29 is 4.79 Å². The molecule has 3 nitrogen and oxygen atoms in total. The standard InChI is InChI=1S/C12H24N2O/c1-3-4-5-7-10(2)14-12(15)11-8-6-9-13-11/h10-11,13H,3-9H2,1-2H3,(H,14,15)/t10-,11+/m0/s1. The molecule has 0 unspecified atom stereocenters. The number of carbonyl (C=O) groups excluding carboxylic acids is 1. The number of carbonyl (C=O) groups is 1. The molecule has 1 fully saturated rings. The van der Waals surface area contributed by atoms with Crippen LogP contribution >= 0.6 is 0 Å². The Balaban J connectivity index is 2.13. The van der Waals surface area contributed by atoms with Gasteiger partial charge >= 0.3 is 0 Å². The highest BCUT2D eigenvalue weighted by Crippen LogP contribution is 2.07. The van der Waals surface area contributed by atoms with Crippen LogP contribution in [0.2, 0.25) is 0 Å². The van der Waals surface area contributed by atoms with E-state index in [9.17, 15) is 4.79 Å². The van der Waals surface area contributed by atoms with E-state index in [1.807, 2.05) is 0 Å². The molecule has 1 aliphatic rings. The Morgan fingerprint density at radius 1 is 1.53 bits per heavy atom. The van der Waals surface area contributed by atoms with Crippen molar-refractivity contribution in [3.8, 4) is 0 Å². The highest BCUT2D eigenvalue weighted by molar-refractivity contribution is 5.82. The molecule has 1 heterocycles. The molecule has 2 atom stereocenters. The van der Waals surface area contributed by atoms with Gasteiger partial charge in [-0.05, 0) is 32.7 Å². The fraction of sp³-hybridized carbons (Fsp3) is 0.917. The van der Waals surface area contributed by atoms with Crippen LogP contribution in [0.15, 0.2) is 0 Å². The Labute approximate surface area is 93.0 Å². The predicted molar refractivity (Wildman–Crippen MR) is 62.8 cm³/mol. The minimum Gasteiger partial charge on any atom is -0.352 e. The van der Waals surface area contributed by atoms with E-state index in [1.165, 1.54) is 19.3 Å². The van der Waals surface area contributed by atoms with Gasteiger partial charge in [-0.15, -0.1) is 0 Å². The summed E-state index contributed by atoms with van der Waals surface area (Å²) in [5.41, 5.74) is 0. The maximum atomic E-state index is 11.7. The second-order valence-electron chi connectivity index (χ2n) is 4.55. The zero-order valence-corrected chi connectivity index (χ0v) is 10.0. The fourth-order valence-corrected chi connectivity index (χ4v) is 2.02. The third kappa shape index (κ3) is 4.65. The molecule has 1 rings (SSSR count). The van der Waals surface area contributed by atoms with Gasteiger partial charge < -0.3 is 10.6 Å². The lowest BCUT2D eigenvalue weighted by Crippen LogP contribution is -2.44. The lowest BCUT2D eigenvalue weighted by Gasteiger charge is -2.17. The molecular weight excluding hydrogens is 188 g/mol. The van der Waals surface area contributed by atoms with Crippen LogP contribution in [0.5, 0.6) is 0 Å². The van der Waals surface area contributed by atoms with Crippen LogP contribution in [0.25, 0.3) is 0 Å². The monoisotopic (exact) mass is 212 g/mol. The van der Waals surface area contributed by atoms with Gasteiger partial charge in [0, 0.05) is 6.04 Å². The lowest BCUT2D eigenvalue weighted by atomic mass is 10.1. The predicted octanol–water partition coefficient (Wildman–Crippen LogP) is 1.82. The quantitative estimate of drug-likeness (QED) is 0.659. The third-order valence-electron chi connectivity index (χ3n) is 3.01. The molecule has 1 saturated heterocycles. The van der Waals surface area contributed by atoms with Crippen LogP contribution in [0.1, 0.15) is 52.4 Å². The van der Waals surface area contributed by atoms with Gasteiger partial charge in [0.1, 0.15) is 0 Å². The SMILES string of the molecule is CCCCC[C@H](C)NC(=O)[C@H]1CCCN1. The maximum absolute atomic E-state index is 11.7. The average molecular weight is 212 g/mol. The first kappa shape index (κ1) is 12.5. The van der Waals surface area contributed by atoms with E-state index >= 15 is 0 Å². The van der Waals surface area contributed by atoms with E-state index in [-0.39, 0.29) is 11.9 Å². The van der Waals surface area contributed by atoms with Crippen LogP contribution in [-0.2, 0) is 4.79 Å². The first-order valence-corrected chi connectivity index (χ1v) is 6.27. The summed E-state index contributed by atoms with van der Waals surface area (Å²) in [6, 6.07) is 0.394. The normalized spacial score (nSPS) is 22.7. The van der Waals surface area contributed by atoms with Crippen molar-refractivity contribution in [2.75, 3.05) is 6.54 Å². The second kappa shape index (κ2) is 6.83. The van der Waals surface area contributed by atoms with Crippen LogP contribution in [-0.4, -0.2) is 24.5 Å². The molecule has 1 amide bonds. The summed E-state index contributed by atoms with van der Waals surface area (Å²) in [6.07, 6.45) is 6.95. The number of rotatable bonds is 6. The topological polar surface area (TPSA) is 41.1 Å². The lowest BCUT2D eigenvalue weighted by molar-refractivity contribution is -0.123. The minimum atomic E-state index is 0.0682. The molecule has 0 aromatic heterocycles. The Morgan fingerprint density at radius 3 is 2.93 bits per heavy atom. The Kier molecular flexibility index (Phi) is 5.69. The Bertz CT molecular complexity index is 188. The largest absolute Gasteiger partial charge is 0.352 e. The van der Waals surface area contributed by atoms with Crippen molar-refractivity contribution in [2.45, 2.75) is 64.5 Å². The van der Waals surface area contributed by atoms with Gasteiger partial charge in [-0.3, -0.25) is 4.79 Å². The molecule has 88 valence electrons. The van der Waals surface area contributed by atoms with Crippen LogP contribution in [0, 0.1) is 0 Å². The molecule has 1 aliphatic heterocycles. The molecule has 0 spiro atoms. The fourth-order valence-electron chi connectivity index (χ4n) is 2.02. The van der Waals surface area contributed by atoms with Gasteiger partial charge in [0.2, 0.25) is 5.91 Å². The zero-order valence-electron chi connectivity index (χ0n) is 10.0. The first-order chi connectivity index (χ1) is 7.24. The van der Waals surface area contributed by atoms with E-state index < -0.39 is 0 Å². The maximum Gasteiger partial charge on any atom is 0.237 e. The van der Waals surface area contributed by atoms with Crippen molar-refractivity contribution in [3.05, 3.63) is 0 Å². The molecule has 2 N–H and O–H groups in total. The van der Waals surface area contributed by atoms with E-state index in [0.717, 1.165) is 25.8 Å². The van der Waals surface area contributed by atoms with Crippen molar-refractivity contribution in [1.82, 2.24) is 10.6 Å². The van der Waals surface area contributed by atoms with Crippen molar-refractivity contribution in [3.63, 3.8) is 0 Å². The number of amides is 1. The number of nitrogens with one attached hydrogen (secondary N) is 2. The Hall–Kier alpha value is -0.570. The summed E-state index contributed by atoms with van der Waals surface area (Å²) >= 11 is 0. The second-order valence-corrected chi connectivity index (χ2v) is 4.55. The highest BCUT2D eigenvalue weighted by atomic mass is 16.2. The first-order valence-electron chi connectivity index (χ1n) is 6.27. The van der Waals surface area contributed by atoms with Crippen LogP contribution < -0.4 is 10.6 Å². The summed E-state index contributed by atoms with van der Waals surface area (Å²) in [4.78, 5) is 11.7. The molecule has 3 heteroatoms. The van der Waals surface area contributed by atoms with Crippen molar-refractivity contribution >= 4 is 5.91 Å². The molecule has 0 aromatic rings. The van der Waals surface area contributed by atoms with Gasteiger partial charge in [-0.1, -0.05) is 26.2 Å². The molecule has 0 saturated carbocycles. The summed E-state index contributed by atoms with van der Waals surface area (Å²) in [7, 11) is 0. The van der Waals surface area contributed by atoms with Crippen LogP contribution in [0.3, 0.4) is 0 Å². The smallest absolute Gasteiger partial charge is 0.237 e. The van der Waals surface area contributed by atoms with E-state index in [2.05, 4.69) is 24.5 Å². The Morgan fingerprint density at radius 2 is 2.33 bits per heavy atom. The summed E-state index contributed by atoms with van der Waals surface area (Å²) in [5.74, 6) is 0.191. The van der Waals surface area contributed by atoms with Crippen molar-refractivity contribution in [2.24, 2.45) is 0 Å². The number of hydrogen-bond donors (Lipinski definition) is 2. The molecule has 0 bridgehead atoms. The molecule has 0 aromatic carbocycles.